The van der Waals surface area contributed by atoms with Crippen LogP contribution in [-0.4, -0.2) is 33.0 Å². The molecule has 0 saturated heterocycles. The minimum absolute atomic E-state index is 0.0438. The summed E-state index contributed by atoms with van der Waals surface area (Å²) in [4.78, 5) is 12.1. The molecule has 0 amide bonds. The summed E-state index contributed by atoms with van der Waals surface area (Å²) in [7, 11) is 2.61. The van der Waals surface area contributed by atoms with Crippen molar-refractivity contribution in [2.75, 3.05) is 20.8 Å². The lowest BCUT2D eigenvalue weighted by atomic mass is 9.81. The van der Waals surface area contributed by atoms with Crippen LogP contribution in [0.5, 0.6) is 11.5 Å². The Morgan fingerprint density at radius 1 is 1.17 bits per heavy atom. The Bertz CT molecular complexity index is 592. The Labute approximate surface area is 133 Å². The third-order valence-electron chi connectivity index (χ3n) is 3.67. The SMILES string of the molecule is COC(=O)C(C)(C)c1c(OCC(F)(F)F)cc(C)c(C)c1OC. The van der Waals surface area contributed by atoms with E-state index in [-0.39, 0.29) is 11.3 Å². The molecule has 0 bridgehead atoms. The van der Waals surface area contributed by atoms with Crippen molar-refractivity contribution in [3.05, 3.63) is 22.8 Å². The third-order valence-corrected chi connectivity index (χ3v) is 3.67. The molecule has 0 saturated carbocycles. The fourth-order valence-electron chi connectivity index (χ4n) is 2.33. The molecular formula is C16H21F3O4. The van der Waals surface area contributed by atoms with Gasteiger partial charge in [-0.2, -0.15) is 13.2 Å². The highest BCUT2D eigenvalue weighted by Gasteiger charge is 2.39. The Balaban J connectivity index is 3.56. The van der Waals surface area contributed by atoms with E-state index in [1.54, 1.807) is 27.7 Å². The molecule has 4 nitrogen and oxygen atoms in total. The Morgan fingerprint density at radius 2 is 1.74 bits per heavy atom. The lowest BCUT2D eigenvalue weighted by Gasteiger charge is -2.28. The Hall–Kier alpha value is -1.92. The Kier molecular flexibility index (Phi) is 5.56. The molecule has 0 heterocycles. The van der Waals surface area contributed by atoms with Crippen molar-refractivity contribution in [1.29, 1.82) is 0 Å². The van der Waals surface area contributed by atoms with Crippen molar-refractivity contribution >= 4 is 5.97 Å². The van der Waals surface area contributed by atoms with Crippen molar-refractivity contribution in [2.45, 2.75) is 39.3 Å². The van der Waals surface area contributed by atoms with E-state index < -0.39 is 24.2 Å². The summed E-state index contributed by atoms with van der Waals surface area (Å²) in [6.45, 7) is 5.13. The van der Waals surface area contributed by atoms with E-state index >= 15 is 0 Å². The molecule has 1 aromatic rings. The van der Waals surface area contributed by atoms with E-state index in [0.29, 0.717) is 11.3 Å². The Morgan fingerprint density at radius 3 is 2.17 bits per heavy atom. The van der Waals surface area contributed by atoms with E-state index in [4.69, 9.17) is 14.2 Å². The van der Waals surface area contributed by atoms with Gasteiger partial charge in [0.1, 0.15) is 11.5 Å². The maximum atomic E-state index is 12.5. The summed E-state index contributed by atoms with van der Waals surface area (Å²) >= 11 is 0. The zero-order valence-electron chi connectivity index (χ0n) is 14.1. The quantitative estimate of drug-likeness (QED) is 0.770. The lowest BCUT2D eigenvalue weighted by molar-refractivity contribution is -0.153. The average molecular weight is 334 g/mol. The number of rotatable bonds is 5. The third kappa shape index (κ3) is 4.09. The monoisotopic (exact) mass is 334 g/mol. The van der Waals surface area contributed by atoms with Gasteiger partial charge in [-0.05, 0) is 44.9 Å². The second-order valence-electron chi connectivity index (χ2n) is 5.75. The van der Waals surface area contributed by atoms with E-state index in [9.17, 15) is 18.0 Å². The molecule has 130 valence electrons. The van der Waals surface area contributed by atoms with Crippen LogP contribution in [-0.2, 0) is 14.9 Å². The molecule has 0 unspecified atom stereocenters. The first-order chi connectivity index (χ1) is 10.5. The fraction of sp³-hybridized carbons (Fsp3) is 0.562. The number of aryl methyl sites for hydroxylation is 1. The molecule has 23 heavy (non-hydrogen) atoms. The van der Waals surface area contributed by atoms with Gasteiger partial charge in [-0.1, -0.05) is 0 Å². The number of hydrogen-bond acceptors (Lipinski definition) is 4. The summed E-state index contributed by atoms with van der Waals surface area (Å²) < 4.78 is 52.6. The van der Waals surface area contributed by atoms with Gasteiger partial charge in [0.2, 0.25) is 0 Å². The molecular weight excluding hydrogens is 313 g/mol. The van der Waals surface area contributed by atoms with Gasteiger partial charge < -0.3 is 14.2 Å². The van der Waals surface area contributed by atoms with Crippen LogP contribution in [0.4, 0.5) is 13.2 Å². The first-order valence-electron chi connectivity index (χ1n) is 6.92. The van der Waals surface area contributed by atoms with Gasteiger partial charge in [0.25, 0.3) is 0 Å². The van der Waals surface area contributed by atoms with E-state index in [0.717, 1.165) is 5.56 Å². The maximum absolute atomic E-state index is 12.5. The second-order valence-corrected chi connectivity index (χ2v) is 5.75. The standard InChI is InChI=1S/C16H21F3O4/c1-9-7-11(23-8-16(17,18)19)12(13(21-5)10(9)2)15(3,4)14(20)22-6/h7H,8H2,1-6H3. The highest BCUT2D eigenvalue weighted by atomic mass is 19.4. The number of alkyl halides is 3. The van der Waals surface area contributed by atoms with Crippen LogP contribution in [0.3, 0.4) is 0 Å². The van der Waals surface area contributed by atoms with Crippen LogP contribution < -0.4 is 9.47 Å². The lowest BCUT2D eigenvalue weighted by Crippen LogP contribution is -2.32. The van der Waals surface area contributed by atoms with Gasteiger partial charge in [0.15, 0.2) is 6.61 Å². The average Bonchev–Trinajstić information content (AvgIpc) is 2.45. The van der Waals surface area contributed by atoms with Gasteiger partial charge in [-0.25, -0.2) is 0 Å². The largest absolute Gasteiger partial charge is 0.496 e. The molecule has 0 spiro atoms. The summed E-state index contributed by atoms with van der Waals surface area (Å²) in [5, 5.41) is 0. The second kappa shape index (κ2) is 6.68. The molecule has 0 radical (unpaired) electrons. The molecule has 0 fully saturated rings. The number of carbonyl (C=O) groups excluding carboxylic acids is 1. The van der Waals surface area contributed by atoms with Gasteiger partial charge in [0, 0.05) is 0 Å². The van der Waals surface area contributed by atoms with Gasteiger partial charge in [-0.15, -0.1) is 0 Å². The van der Waals surface area contributed by atoms with Crippen molar-refractivity contribution in [1.82, 2.24) is 0 Å². The van der Waals surface area contributed by atoms with Crippen molar-refractivity contribution in [2.24, 2.45) is 0 Å². The minimum atomic E-state index is -4.49. The van der Waals surface area contributed by atoms with Crippen LogP contribution >= 0.6 is 0 Å². The van der Waals surface area contributed by atoms with Gasteiger partial charge in [-0.3, -0.25) is 4.79 Å². The normalized spacial score (nSPS) is 12.0. The topological polar surface area (TPSA) is 44.8 Å². The van der Waals surface area contributed by atoms with E-state index in [2.05, 4.69) is 0 Å². The number of halogens is 3. The van der Waals surface area contributed by atoms with Crippen LogP contribution in [0.2, 0.25) is 0 Å². The highest BCUT2D eigenvalue weighted by molar-refractivity contribution is 5.85. The number of methoxy groups -OCH3 is 2. The number of ether oxygens (including phenoxy) is 3. The molecule has 7 heteroatoms. The zero-order valence-corrected chi connectivity index (χ0v) is 14.1. The molecule has 0 atom stereocenters. The number of carbonyl (C=O) groups is 1. The number of hydrogen-bond donors (Lipinski definition) is 0. The van der Waals surface area contributed by atoms with Crippen LogP contribution in [0.25, 0.3) is 0 Å². The van der Waals surface area contributed by atoms with Crippen LogP contribution in [0.1, 0.15) is 30.5 Å². The van der Waals surface area contributed by atoms with Gasteiger partial charge in [0.05, 0.1) is 25.2 Å². The predicted octanol–water partition coefficient (Wildman–Crippen LogP) is 3.70. The molecule has 0 aromatic heterocycles. The van der Waals surface area contributed by atoms with Crippen molar-refractivity contribution in [3.8, 4) is 11.5 Å². The first kappa shape index (κ1) is 19.1. The maximum Gasteiger partial charge on any atom is 0.422 e. The van der Waals surface area contributed by atoms with Crippen LogP contribution in [0.15, 0.2) is 6.07 Å². The summed E-state index contributed by atoms with van der Waals surface area (Å²) in [6.07, 6.45) is -4.49. The summed E-state index contributed by atoms with van der Waals surface area (Å²) in [5.41, 5.74) is 0.418. The molecule has 0 N–H and O–H groups in total. The number of benzene rings is 1. The summed E-state index contributed by atoms with van der Waals surface area (Å²) in [5.74, 6) is -0.328. The molecule has 1 aromatic carbocycles. The zero-order chi connectivity index (χ0) is 18.0. The fourth-order valence-corrected chi connectivity index (χ4v) is 2.33. The minimum Gasteiger partial charge on any atom is -0.496 e. The molecule has 0 aliphatic carbocycles. The highest BCUT2D eigenvalue weighted by Crippen LogP contribution is 2.43. The van der Waals surface area contributed by atoms with Gasteiger partial charge >= 0.3 is 12.1 Å². The smallest absolute Gasteiger partial charge is 0.422 e. The van der Waals surface area contributed by atoms with Crippen molar-refractivity contribution in [3.63, 3.8) is 0 Å². The number of esters is 1. The van der Waals surface area contributed by atoms with E-state index in [1.807, 2.05) is 0 Å². The van der Waals surface area contributed by atoms with Crippen LogP contribution in [0, 0.1) is 13.8 Å². The molecule has 0 aliphatic rings. The molecule has 1 rings (SSSR count). The van der Waals surface area contributed by atoms with Crippen molar-refractivity contribution < 1.29 is 32.2 Å². The molecule has 0 aliphatic heterocycles. The van der Waals surface area contributed by atoms with E-state index in [1.165, 1.54) is 20.3 Å². The predicted molar refractivity (Wildman–Crippen MR) is 79.1 cm³/mol. The summed E-state index contributed by atoms with van der Waals surface area (Å²) in [6, 6.07) is 1.48. The first-order valence-corrected chi connectivity index (χ1v) is 6.92.